The van der Waals surface area contributed by atoms with Gasteiger partial charge in [0.15, 0.2) is 0 Å². The Kier molecular flexibility index (Phi) is 2.96. The third-order valence-corrected chi connectivity index (χ3v) is 3.73. The molecule has 1 aliphatic rings. The van der Waals surface area contributed by atoms with E-state index in [9.17, 15) is 18.0 Å². The molecular formula is C14H13F3N2O2. The first-order valence-corrected chi connectivity index (χ1v) is 6.48. The van der Waals surface area contributed by atoms with Crippen LogP contribution >= 0.6 is 0 Å². The van der Waals surface area contributed by atoms with E-state index in [2.05, 4.69) is 9.72 Å². The molecule has 0 bridgehead atoms. The standard InChI is InChI=1S/C14H13F3N2O2/c1-19-10-6-8(7-3-4-7)5-9(14(15,16)17)11(10)18-12(19)13(20)21-2/h5-7H,3-4H2,1-2H3. The Morgan fingerprint density at radius 2 is 2.05 bits per heavy atom. The van der Waals surface area contributed by atoms with E-state index in [0.717, 1.165) is 18.9 Å². The maximum atomic E-state index is 13.2. The van der Waals surface area contributed by atoms with Gasteiger partial charge in [-0.05, 0) is 36.5 Å². The van der Waals surface area contributed by atoms with Crippen LogP contribution in [0.25, 0.3) is 11.0 Å². The highest BCUT2D eigenvalue weighted by molar-refractivity contribution is 5.92. The molecule has 7 heteroatoms. The Labute approximate surface area is 118 Å². The zero-order valence-corrected chi connectivity index (χ0v) is 11.5. The third kappa shape index (κ3) is 2.26. The molecule has 4 nitrogen and oxygen atoms in total. The lowest BCUT2D eigenvalue weighted by atomic mass is 10.0. The van der Waals surface area contributed by atoms with E-state index in [1.165, 1.54) is 18.7 Å². The molecule has 0 amide bonds. The first kappa shape index (κ1) is 13.9. The number of rotatable bonds is 2. The molecule has 1 saturated carbocycles. The fourth-order valence-corrected chi connectivity index (χ4v) is 2.45. The number of aromatic nitrogens is 2. The summed E-state index contributed by atoms with van der Waals surface area (Å²) >= 11 is 0. The Morgan fingerprint density at radius 1 is 1.38 bits per heavy atom. The Morgan fingerprint density at radius 3 is 2.57 bits per heavy atom. The smallest absolute Gasteiger partial charge is 0.418 e. The van der Waals surface area contributed by atoms with Crippen LogP contribution in [0.4, 0.5) is 13.2 Å². The molecule has 1 aliphatic carbocycles. The quantitative estimate of drug-likeness (QED) is 0.799. The molecule has 2 aromatic rings. The van der Waals surface area contributed by atoms with Crippen LogP contribution in [0.5, 0.6) is 0 Å². The predicted octanol–water partition coefficient (Wildman–Crippen LogP) is 3.26. The van der Waals surface area contributed by atoms with E-state index in [-0.39, 0.29) is 17.3 Å². The van der Waals surface area contributed by atoms with E-state index in [0.29, 0.717) is 11.1 Å². The number of aryl methyl sites for hydroxylation is 1. The first-order chi connectivity index (χ1) is 9.82. The van der Waals surface area contributed by atoms with Crippen molar-refractivity contribution >= 4 is 17.0 Å². The van der Waals surface area contributed by atoms with Crippen molar-refractivity contribution in [3.63, 3.8) is 0 Å². The van der Waals surface area contributed by atoms with E-state index < -0.39 is 17.7 Å². The van der Waals surface area contributed by atoms with Crippen molar-refractivity contribution in [2.45, 2.75) is 24.9 Å². The second kappa shape index (κ2) is 4.47. The highest BCUT2D eigenvalue weighted by Crippen LogP contribution is 2.44. The van der Waals surface area contributed by atoms with Crippen LogP contribution in [0.3, 0.4) is 0 Å². The number of alkyl halides is 3. The van der Waals surface area contributed by atoms with Crippen LogP contribution in [0, 0.1) is 0 Å². The number of esters is 1. The van der Waals surface area contributed by atoms with Gasteiger partial charge in [-0.1, -0.05) is 0 Å². The number of hydrogen-bond donors (Lipinski definition) is 0. The Balaban J connectivity index is 2.30. The number of hydrogen-bond acceptors (Lipinski definition) is 3. The van der Waals surface area contributed by atoms with Crippen LogP contribution in [0.1, 0.15) is 40.5 Å². The van der Waals surface area contributed by atoms with Gasteiger partial charge in [-0.25, -0.2) is 9.78 Å². The molecule has 0 radical (unpaired) electrons. The summed E-state index contributed by atoms with van der Waals surface area (Å²) in [5.41, 5.74) is -0.0659. The molecule has 0 aliphatic heterocycles. The maximum Gasteiger partial charge on any atom is 0.418 e. The predicted molar refractivity (Wildman–Crippen MR) is 69.0 cm³/mol. The third-order valence-electron chi connectivity index (χ3n) is 3.73. The van der Waals surface area contributed by atoms with Crippen molar-refractivity contribution in [2.75, 3.05) is 7.11 Å². The first-order valence-electron chi connectivity index (χ1n) is 6.48. The van der Waals surface area contributed by atoms with Gasteiger partial charge in [0.1, 0.15) is 5.52 Å². The van der Waals surface area contributed by atoms with Gasteiger partial charge in [0.05, 0.1) is 18.2 Å². The number of ether oxygens (including phenoxy) is 1. The number of benzene rings is 1. The molecule has 21 heavy (non-hydrogen) atoms. The summed E-state index contributed by atoms with van der Waals surface area (Å²) in [6.07, 6.45) is -2.72. The summed E-state index contributed by atoms with van der Waals surface area (Å²) in [4.78, 5) is 15.4. The maximum absolute atomic E-state index is 13.2. The number of halogens is 3. The summed E-state index contributed by atoms with van der Waals surface area (Å²) in [6.45, 7) is 0. The number of carbonyl (C=O) groups is 1. The number of carbonyl (C=O) groups excluding carboxylic acids is 1. The van der Waals surface area contributed by atoms with Gasteiger partial charge in [0.25, 0.3) is 0 Å². The lowest BCUT2D eigenvalue weighted by molar-refractivity contribution is -0.136. The largest absolute Gasteiger partial charge is 0.463 e. The fourth-order valence-electron chi connectivity index (χ4n) is 2.45. The molecule has 1 fully saturated rings. The molecule has 0 spiro atoms. The summed E-state index contributed by atoms with van der Waals surface area (Å²) in [5, 5.41) is 0. The molecule has 1 heterocycles. The summed E-state index contributed by atoms with van der Waals surface area (Å²) in [5.74, 6) is -0.715. The normalized spacial score (nSPS) is 15.5. The van der Waals surface area contributed by atoms with Gasteiger partial charge in [0, 0.05) is 7.05 Å². The van der Waals surface area contributed by atoms with Crippen LogP contribution in [-0.4, -0.2) is 22.6 Å². The van der Waals surface area contributed by atoms with Crippen LogP contribution in [0.15, 0.2) is 12.1 Å². The molecule has 0 atom stereocenters. The lowest BCUT2D eigenvalue weighted by Gasteiger charge is -2.10. The molecule has 112 valence electrons. The van der Waals surface area contributed by atoms with Gasteiger partial charge in [-0.3, -0.25) is 0 Å². The van der Waals surface area contributed by atoms with Gasteiger partial charge in [-0.2, -0.15) is 13.2 Å². The van der Waals surface area contributed by atoms with Crippen molar-refractivity contribution in [1.29, 1.82) is 0 Å². The van der Waals surface area contributed by atoms with Gasteiger partial charge < -0.3 is 9.30 Å². The molecule has 0 N–H and O–H groups in total. The zero-order valence-electron chi connectivity index (χ0n) is 11.5. The van der Waals surface area contributed by atoms with E-state index >= 15 is 0 Å². The Hall–Kier alpha value is -2.05. The van der Waals surface area contributed by atoms with E-state index in [4.69, 9.17) is 0 Å². The second-order valence-electron chi connectivity index (χ2n) is 5.19. The van der Waals surface area contributed by atoms with Crippen molar-refractivity contribution in [3.8, 4) is 0 Å². The molecule has 1 aromatic carbocycles. The SMILES string of the molecule is COC(=O)c1nc2c(C(F)(F)F)cc(C3CC3)cc2n1C. The van der Waals surface area contributed by atoms with Gasteiger partial charge in [-0.15, -0.1) is 0 Å². The van der Waals surface area contributed by atoms with E-state index in [1.54, 1.807) is 6.07 Å². The molecule has 0 saturated heterocycles. The topological polar surface area (TPSA) is 44.1 Å². The minimum Gasteiger partial charge on any atom is -0.463 e. The highest BCUT2D eigenvalue weighted by atomic mass is 19.4. The minimum absolute atomic E-state index is 0.133. The average molecular weight is 298 g/mol. The summed E-state index contributed by atoms with van der Waals surface area (Å²) < 4.78 is 45.6. The van der Waals surface area contributed by atoms with Gasteiger partial charge in [0.2, 0.25) is 5.82 Å². The minimum atomic E-state index is -4.51. The van der Waals surface area contributed by atoms with E-state index in [1.807, 2.05) is 0 Å². The number of nitrogens with zero attached hydrogens (tertiary/aromatic N) is 2. The fraction of sp³-hybridized carbons (Fsp3) is 0.429. The molecule has 3 rings (SSSR count). The zero-order chi connectivity index (χ0) is 15.4. The molecule has 1 aromatic heterocycles. The van der Waals surface area contributed by atoms with Crippen LogP contribution in [-0.2, 0) is 18.0 Å². The van der Waals surface area contributed by atoms with Crippen molar-refractivity contribution in [2.24, 2.45) is 7.05 Å². The lowest BCUT2D eigenvalue weighted by Crippen LogP contribution is -2.08. The van der Waals surface area contributed by atoms with Gasteiger partial charge >= 0.3 is 12.1 Å². The van der Waals surface area contributed by atoms with Crippen LogP contribution < -0.4 is 0 Å². The van der Waals surface area contributed by atoms with Crippen molar-refractivity contribution < 1.29 is 22.7 Å². The highest BCUT2D eigenvalue weighted by Gasteiger charge is 2.37. The average Bonchev–Trinajstić information content (AvgIpc) is 3.21. The van der Waals surface area contributed by atoms with Crippen molar-refractivity contribution in [3.05, 3.63) is 29.1 Å². The Bertz CT molecular complexity index is 730. The summed E-state index contributed by atoms with van der Waals surface area (Å²) in [7, 11) is 2.68. The molecular weight excluding hydrogens is 285 g/mol. The number of fused-ring (bicyclic) bond motifs is 1. The van der Waals surface area contributed by atoms with Crippen molar-refractivity contribution in [1.82, 2.24) is 9.55 Å². The number of methoxy groups -OCH3 is 1. The number of imidazole rings is 1. The monoisotopic (exact) mass is 298 g/mol. The van der Waals surface area contributed by atoms with Crippen LogP contribution in [0.2, 0.25) is 0 Å². The molecule has 0 unspecified atom stereocenters. The summed E-state index contributed by atoms with van der Waals surface area (Å²) in [6, 6.07) is 2.83. The second-order valence-corrected chi connectivity index (χ2v) is 5.19.